The summed E-state index contributed by atoms with van der Waals surface area (Å²) in [7, 11) is 0. The third-order valence-corrected chi connectivity index (χ3v) is 5.94. The Bertz CT molecular complexity index is 1480. The Morgan fingerprint density at radius 3 is 2.17 bits per heavy atom. The summed E-state index contributed by atoms with van der Waals surface area (Å²) < 4.78 is 0. The Balaban J connectivity index is 1.87. The van der Waals surface area contributed by atoms with Gasteiger partial charge in [0.15, 0.2) is 5.78 Å². The fourth-order valence-electron chi connectivity index (χ4n) is 4.59. The molecule has 1 aliphatic rings. The maximum atomic E-state index is 13.5. The molecular weight excluding hydrogens is 354 g/mol. The van der Waals surface area contributed by atoms with Gasteiger partial charge >= 0.3 is 0 Å². The number of benzene rings is 4. The van der Waals surface area contributed by atoms with Gasteiger partial charge in [0.25, 0.3) is 0 Å². The van der Waals surface area contributed by atoms with Crippen LogP contribution >= 0.6 is 0 Å². The third-order valence-electron chi connectivity index (χ3n) is 5.94. The van der Waals surface area contributed by atoms with Crippen molar-refractivity contribution in [3.8, 4) is 22.4 Å². The molecule has 0 radical (unpaired) electrons. The van der Waals surface area contributed by atoms with E-state index in [1.165, 1.54) is 0 Å². The minimum absolute atomic E-state index is 0.0659. The predicted octanol–water partition coefficient (Wildman–Crippen LogP) is 6.57. The maximum Gasteiger partial charge on any atom is 0.196 e. The average molecular weight is 371 g/mol. The van der Waals surface area contributed by atoms with Crippen molar-refractivity contribution in [3.05, 3.63) is 102 Å². The van der Waals surface area contributed by atoms with Gasteiger partial charge in [0.1, 0.15) is 0 Å². The van der Waals surface area contributed by atoms with Crippen molar-refractivity contribution >= 4 is 27.5 Å². The topological polar surface area (TPSA) is 30.0 Å². The van der Waals surface area contributed by atoms with Crippen LogP contribution in [0.3, 0.4) is 0 Å². The fraction of sp³-hybridized carbons (Fsp3) is 0.0370. The van der Waals surface area contributed by atoms with E-state index in [9.17, 15) is 4.79 Å². The van der Waals surface area contributed by atoms with E-state index < -0.39 is 0 Å². The molecule has 29 heavy (non-hydrogen) atoms. The number of carbonyl (C=O) groups is 1. The highest BCUT2D eigenvalue weighted by molar-refractivity contribution is 6.30. The van der Waals surface area contributed by atoms with E-state index in [-0.39, 0.29) is 5.78 Å². The molecule has 0 unspecified atom stereocenters. The number of hydrogen-bond acceptors (Lipinski definition) is 2. The molecule has 0 N–H and O–H groups in total. The Labute approximate surface area is 168 Å². The predicted molar refractivity (Wildman–Crippen MR) is 118 cm³/mol. The fourth-order valence-corrected chi connectivity index (χ4v) is 4.59. The van der Waals surface area contributed by atoms with Crippen LogP contribution in [-0.4, -0.2) is 10.8 Å². The zero-order valence-electron chi connectivity index (χ0n) is 15.9. The van der Waals surface area contributed by atoms with Gasteiger partial charge < -0.3 is 0 Å². The lowest BCUT2D eigenvalue weighted by atomic mass is 9.92. The van der Waals surface area contributed by atoms with Crippen LogP contribution in [-0.2, 0) is 0 Å². The van der Waals surface area contributed by atoms with Crippen LogP contribution in [0.25, 0.3) is 44.1 Å². The van der Waals surface area contributed by atoms with Crippen LogP contribution in [0.1, 0.15) is 21.5 Å². The van der Waals surface area contributed by atoms with Gasteiger partial charge in [-0.05, 0) is 34.9 Å². The van der Waals surface area contributed by atoms with Crippen molar-refractivity contribution in [2.75, 3.05) is 0 Å². The molecule has 0 atom stereocenters. The Morgan fingerprint density at radius 2 is 1.34 bits per heavy atom. The maximum absolute atomic E-state index is 13.5. The van der Waals surface area contributed by atoms with Crippen molar-refractivity contribution in [1.29, 1.82) is 0 Å². The van der Waals surface area contributed by atoms with Crippen LogP contribution in [0.5, 0.6) is 0 Å². The van der Waals surface area contributed by atoms with Crippen LogP contribution in [0, 0.1) is 6.92 Å². The normalized spacial score (nSPS) is 12.4. The Hall–Kier alpha value is -3.78. The van der Waals surface area contributed by atoms with E-state index in [1.54, 1.807) is 0 Å². The molecule has 1 heterocycles. The van der Waals surface area contributed by atoms with Gasteiger partial charge in [-0.25, -0.2) is 4.98 Å². The molecule has 2 nitrogen and oxygen atoms in total. The zero-order valence-corrected chi connectivity index (χ0v) is 15.9. The number of nitrogens with zero attached hydrogens (tertiary/aromatic N) is 1. The summed E-state index contributed by atoms with van der Waals surface area (Å²) in [5.41, 5.74) is 7.35. The van der Waals surface area contributed by atoms with E-state index in [2.05, 4.69) is 49.4 Å². The minimum atomic E-state index is 0.0659. The second-order valence-electron chi connectivity index (χ2n) is 7.58. The summed E-state index contributed by atoms with van der Waals surface area (Å²) >= 11 is 0. The molecule has 0 fully saturated rings. The summed E-state index contributed by atoms with van der Waals surface area (Å²) in [5.74, 6) is 0.0659. The van der Waals surface area contributed by atoms with Crippen LogP contribution in [0.2, 0.25) is 0 Å². The molecule has 0 saturated heterocycles. The molecule has 1 aliphatic carbocycles. The first-order chi connectivity index (χ1) is 14.2. The molecular formula is C27H17NO. The van der Waals surface area contributed by atoms with Crippen LogP contribution < -0.4 is 0 Å². The highest BCUT2D eigenvalue weighted by Crippen LogP contribution is 2.46. The average Bonchev–Trinajstić information content (AvgIpc) is 3.06. The van der Waals surface area contributed by atoms with Gasteiger partial charge in [-0.3, -0.25) is 4.79 Å². The monoisotopic (exact) mass is 371 g/mol. The van der Waals surface area contributed by atoms with Crippen molar-refractivity contribution in [2.24, 2.45) is 0 Å². The molecule has 5 aromatic rings. The van der Waals surface area contributed by atoms with Gasteiger partial charge in [-0.15, -0.1) is 0 Å². The van der Waals surface area contributed by atoms with Gasteiger partial charge in [0.2, 0.25) is 0 Å². The molecule has 0 spiro atoms. The highest BCUT2D eigenvalue weighted by atomic mass is 16.1. The molecule has 2 heteroatoms. The highest BCUT2D eigenvalue weighted by Gasteiger charge is 2.33. The number of fused-ring (bicyclic) bond motifs is 7. The van der Waals surface area contributed by atoms with Crippen LogP contribution in [0.15, 0.2) is 84.9 Å². The summed E-state index contributed by atoms with van der Waals surface area (Å²) in [6.07, 6.45) is 0. The van der Waals surface area contributed by atoms with E-state index in [4.69, 9.17) is 4.98 Å². The molecule has 0 aliphatic heterocycles. The third kappa shape index (κ3) is 2.17. The molecule has 0 bridgehead atoms. The number of carbonyl (C=O) groups excluding carboxylic acids is 1. The quantitative estimate of drug-likeness (QED) is 0.306. The SMILES string of the molecule is Cc1ccccc1-c1nc2ccc3ccccc3c2c2c1C(=O)c1ccccc1-2. The lowest BCUT2D eigenvalue weighted by Gasteiger charge is -2.14. The first-order valence-electron chi connectivity index (χ1n) is 9.79. The molecule has 136 valence electrons. The van der Waals surface area contributed by atoms with Crippen molar-refractivity contribution < 1.29 is 4.79 Å². The standard InChI is InChI=1S/C27H17NO/c1-16-8-2-4-10-18(16)26-25-24(20-12-6-7-13-21(20)27(25)29)23-19-11-5-3-9-17(19)14-15-22(23)28-26/h2-15H,1H3. The van der Waals surface area contributed by atoms with E-state index >= 15 is 0 Å². The van der Waals surface area contributed by atoms with Gasteiger partial charge in [0.05, 0.1) is 16.8 Å². The molecule has 0 amide bonds. The number of ketones is 1. The first kappa shape index (κ1) is 16.2. The lowest BCUT2D eigenvalue weighted by Crippen LogP contribution is -2.02. The number of hydrogen-bond donors (Lipinski definition) is 0. The number of pyridine rings is 1. The Kier molecular flexibility index (Phi) is 3.27. The summed E-state index contributed by atoms with van der Waals surface area (Å²) in [5, 5.41) is 3.35. The van der Waals surface area contributed by atoms with Gasteiger partial charge in [-0.1, -0.05) is 78.9 Å². The molecule has 6 rings (SSSR count). The van der Waals surface area contributed by atoms with E-state index in [0.29, 0.717) is 0 Å². The first-order valence-corrected chi connectivity index (χ1v) is 9.79. The minimum Gasteiger partial charge on any atom is -0.288 e. The lowest BCUT2D eigenvalue weighted by molar-refractivity contribution is 0.104. The summed E-state index contributed by atoms with van der Waals surface area (Å²) in [6.45, 7) is 2.07. The molecule has 1 aromatic heterocycles. The van der Waals surface area contributed by atoms with Crippen LogP contribution in [0.4, 0.5) is 0 Å². The van der Waals surface area contributed by atoms with Crippen molar-refractivity contribution in [1.82, 2.24) is 4.98 Å². The second-order valence-corrected chi connectivity index (χ2v) is 7.58. The largest absolute Gasteiger partial charge is 0.288 e. The summed E-state index contributed by atoms with van der Waals surface area (Å²) in [4.78, 5) is 18.6. The van der Waals surface area contributed by atoms with Gasteiger partial charge in [-0.2, -0.15) is 0 Å². The zero-order chi connectivity index (χ0) is 19.5. The number of aryl methyl sites for hydroxylation is 1. The Morgan fingerprint density at radius 1 is 0.655 bits per heavy atom. The molecule has 4 aromatic carbocycles. The second kappa shape index (κ2) is 5.86. The smallest absolute Gasteiger partial charge is 0.196 e. The van der Waals surface area contributed by atoms with Crippen molar-refractivity contribution in [2.45, 2.75) is 6.92 Å². The van der Waals surface area contributed by atoms with Crippen molar-refractivity contribution in [3.63, 3.8) is 0 Å². The van der Waals surface area contributed by atoms with E-state index in [0.717, 1.165) is 60.8 Å². The van der Waals surface area contributed by atoms with E-state index in [1.807, 2.05) is 42.5 Å². The number of aromatic nitrogens is 1. The van der Waals surface area contributed by atoms with Gasteiger partial charge in [0, 0.05) is 22.1 Å². The summed E-state index contributed by atoms with van der Waals surface area (Å²) in [6, 6.07) is 28.6. The number of rotatable bonds is 1. The molecule has 0 saturated carbocycles.